The number of rotatable bonds is 7. The first-order valence-corrected chi connectivity index (χ1v) is 7.38. The summed E-state index contributed by atoms with van der Waals surface area (Å²) in [7, 11) is -4.27. The molecule has 0 aliphatic rings. The summed E-state index contributed by atoms with van der Waals surface area (Å²) in [6, 6.07) is 8.12. The number of carbonyl (C=O) groups excluding carboxylic acids is 1. The second kappa shape index (κ2) is 7.24. The maximum absolute atomic E-state index is 11.7. The lowest BCUT2D eigenvalue weighted by atomic mass is 10.3. The Kier molecular flexibility index (Phi) is 5.95. The molecule has 0 saturated carbocycles. The summed E-state index contributed by atoms with van der Waals surface area (Å²) in [5.74, 6) is -0.373. The van der Waals surface area contributed by atoms with Crippen LogP contribution in [0.25, 0.3) is 0 Å². The van der Waals surface area contributed by atoms with Crippen LogP contribution < -0.4 is 4.52 Å². The van der Waals surface area contributed by atoms with Crippen molar-refractivity contribution in [3.8, 4) is 5.75 Å². The largest absolute Gasteiger partial charge is 0.527 e. The highest BCUT2D eigenvalue weighted by Crippen LogP contribution is 2.44. The Morgan fingerprint density at radius 2 is 2.00 bits per heavy atom. The number of benzene rings is 1. The van der Waals surface area contributed by atoms with Gasteiger partial charge >= 0.3 is 13.8 Å². The molecular formula is C13H17O6P. The van der Waals surface area contributed by atoms with Crippen molar-refractivity contribution >= 4 is 13.8 Å². The van der Waals surface area contributed by atoms with Crippen molar-refractivity contribution in [2.45, 2.75) is 20.0 Å². The Labute approximate surface area is 117 Å². The van der Waals surface area contributed by atoms with Crippen LogP contribution in [0.3, 0.4) is 0 Å². The zero-order valence-electron chi connectivity index (χ0n) is 11.3. The van der Waals surface area contributed by atoms with Crippen LogP contribution in [-0.2, 0) is 18.6 Å². The normalized spacial score (nSPS) is 14.9. The van der Waals surface area contributed by atoms with Crippen LogP contribution in [0, 0.1) is 0 Å². The number of phosphoric acid groups is 1. The second-order valence-electron chi connectivity index (χ2n) is 4.17. The Morgan fingerprint density at radius 1 is 1.40 bits per heavy atom. The van der Waals surface area contributed by atoms with Crippen molar-refractivity contribution in [3.63, 3.8) is 0 Å². The molecule has 1 N–H and O–H groups in total. The highest BCUT2D eigenvalue weighted by molar-refractivity contribution is 7.47. The summed E-state index contributed by atoms with van der Waals surface area (Å²) in [4.78, 5) is 20.7. The number of esters is 1. The van der Waals surface area contributed by atoms with E-state index < -0.39 is 19.9 Å². The molecule has 1 aromatic rings. The molecule has 0 spiro atoms. The SMILES string of the molecule is C=C(C)C(=O)OCC(C)OP(=O)(O)Oc1ccccc1. The van der Waals surface area contributed by atoms with Crippen LogP contribution in [0.15, 0.2) is 42.5 Å². The van der Waals surface area contributed by atoms with E-state index in [1.165, 1.54) is 26.0 Å². The Morgan fingerprint density at radius 3 is 2.55 bits per heavy atom. The number of hydrogen-bond acceptors (Lipinski definition) is 5. The quantitative estimate of drug-likeness (QED) is 0.473. The second-order valence-corrected chi connectivity index (χ2v) is 5.50. The third kappa shape index (κ3) is 6.02. The average molecular weight is 300 g/mol. The predicted molar refractivity (Wildman–Crippen MR) is 73.2 cm³/mol. The third-order valence-corrected chi connectivity index (χ3v) is 3.14. The van der Waals surface area contributed by atoms with E-state index in [4.69, 9.17) is 13.8 Å². The highest BCUT2D eigenvalue weighted by atomic mass is 31.2. The molecular weight excluding hydrogens is 283 g/mol. The van der Waals surface area contributed by atoms with Crippen LogP contribution in [0.4, 0.5) is 0 Å². The van der Waals surface area contributed by atoms with Gasteiger partial charge in [0.05, 0.1) is 0 Å². The van der Waals surface area contributed by atoms with E-state index in [9.17, 15) is 14.3 Å². The molecule has 20 heavy (non-hydrogen) atoms. The molecule has 0 heterocycles. The monoisotopic (exact) mass is 300 g/mol. The lowest BCUT2D eigenvalue weighted by molar-refractivity contribution is -0.141. The van der Waals surface area contributed by atoms with Gasteiger partial charge in [0, 0.05) is 5.57 Å². The summed E-state index contributed by atoms with van der Waals surface area (Å²) in [5.41, 5.74) is 0.241. The molecule has 1 rings (SSSR count). The van der Waals surface area contributed by atoms with Gasteiger partial charge in [-0.05, 0) is 26.0 Å². The smallest absolute Gasteiger partial charge is 0.460 e. The number of phosphoric ester groups is 1. The lowest BCUT2D eigenvalue weighted by Crippen LogP contribution is -2.19. The van der Waals surface area contributed by atoms with E-state index in [0.717, 1.165) is 0 Å². The van der Waals surface area contributed by atoms with Crippen LogP contribution in [-0.4, -0.2) is 23.6 Å². The molecule has 0 saturated heterocycles. The van der Waals surface area contributed by atoms with Crippen molar-refractivity contribution in [2.24, 2.45) is 0 Å². The summed E-state index contributed by atoms with van der Waals surface area (Å²) in [6.07, 6.45) is -0.794. The molecule has 2 atom stereocenters. The molecule has 7 heteroatoms. The molecule has 110 valence electrons. The number of carbonyl (C=O) groups is 1. The van der Waals surface area contributed by atoms with Gasteiger partial charge < -0.3 is 9.26 Å². The summed E-state index contributed by atoms with van der Waals surface area (Å²) in [6.45, 7) is 6.24. The molecule has 0 amide bonds. The van der Waals surface area contributed by atoms with E-state index in [1.54, 1.807) is 18.2 Å². The van der Waals surface area contributed by atoms with Gasteiger partial charge in [-0.2, -0.15) is 0 Å². The summed E-state index contributed by atoms with van der Waals surface area (Å²) >= 11 is 0. The molecule has 0 aliphatic heterocycles. The predicted octanol–water partition coefficient (Wildman–Crippen LogP) is 2.69. The molecule has 0 radical (unpaired) electrons. The molecule has 0 fully saturated rings. The topological polar surface area (TPSA) is 82.1 Å². The fourth-order valence-electron chi connectivity index (χ4n) is 1.21. The molecule has 0 aromatic heterocycles. The number of ether oxygens (including phenoxy) is 1. The van der Waals surface area contributed by atoms with E-state index in [-0.39, 0.29) is 17.9 Å². The van der Waals surface area contributed by atoms with Crippen LogP contribution in [0.5, 0.6) is 5.75 Å². The van der Waals surface area contributed by atoms with Crippen molar-refractivity contribution < 1.29 is 28.0 Å². The number of para-hydroxylation sites is 1. The average Bonchev–Trinajstić information content (AvgIpc) is 2.35. The number of hydrogen-bond donors (Lipinski definition) is 1. The molecule has 0 aliphatic carbocycles. The van der Waals surface area contributed by atoms with E-state index in [0.29, 0.717) is 0 Å². The zero-order chi connectivity index (χ0) is 15.2. The zero-order valence-corrected chi connectivity index (χ0v) is 12.2. The van der Waals surface area contributed by atoms with Crippen molar-refractivity contribution in [1.29, 1.82) is 0 Å². The van der Waals surface area contributed by atoms with Crippen LogP contribution >= 0.6 is 7.82 Å². The Hall–Kier alpha value is -1.62. The first-order chi connectivity index (χ1) is 9.30. The maximum atomic E-state index is 11.7. The molecule has 1 aromatic carbocycles. The molecule has 0 bridgehead atoms. The van der Waals surface area contributed by atoms with Gasteiger partial charge in [-0.15, -0.1) is 0 Å². The van der Waals surface area contributed by atoms with Gasteiger partial charge in [0.1, 0.15) is 18.5 Å². The van der Waals surface area contributed by atoms with Gasteiger partial charge in [-0.1, -0.05) is 24.8 Å². The van der Waals surface area contributed by atoms with Crippen LogP contribution in [0.2, 0.25) is 0 Å². The fourth-order valence-corrected chi connectivity index (χ4v) is 2.16. The van der Waals surface area contributed by atoms with Gasteiger partial charge in [0.15, 0.2) is 0 Å². The van der Waals surface area contributed by atoms with Crippen LogP contribution in [0.1, 0.15) is 13.8 Å². The minimum atomic E-state index is -4.27. The standard InChI is InChI=1S/C13H17O6P/c1-10(2)13(14)17-9-11(3)18-20(15,16)19-12-7-5-4-6-8-12/h4-8,11H,1,9H2,2-3H3,(H,15,16). The highest BCUT2D eigenvalue weighted by Gasteiger charge is 2.26. The third-order valence-electron chi connectivity index (χ3n) is 2.07. The van der Waals surface area contributed by atoms with Gasteiger partial charge in [0.25, 0.3) is 0 Å². The minimum Gasteiger partial charge on any atom is -0.460 e. The van der Waals surface area contributed by atoms with E-state index in [2.05, 4.69) is 6.58 Å². The lowest BCUT2D eigenvalue weighted by Gasteiger charge is -2.17. The summed E-state index contributed by atoms with van der Waals surface area (Å²) in [5, 5.41) is 0. The molecule has 6 nitrogen and oxygen atoms in total. The first kappa shape index (κ1) is 16.4. The minimum absolute atomic E-state index is 0.172. The Bertz CT molecular complexity index is 513. The first-order valence-electron chi connectivity index (χ1n) is 5.88. The van der Waals surface area contributed by atoms with E-state index in [1.807, 2.05) is 0 Å². The van der Waals surface area contributed by atoms with Gasteiger partial charge in [-0.25, -0.2) is 9.36 Å². The van der Waals surface area contributed by atoms with Crippen molar-refractivity contribution in [3.05, 3.63) is 42.5 Å². The van der Waals surface area contributed by atoms with Crippen molar-refractivity contribution in [2.75, 3.05) is 6.61 Å². The Balaban J connectivity index is 2.47. The van der Waals surface area contributed by atoms with Crippen molar-refractivity contribution in [1.82, 2.24) is 0 Å². The molecule has 2 unspecified atom stereocenters. The maximum Gasteiger partial charge on any atom is 0.527 e. The summed E-state index contributed by atoms with van der Waals surface area (Å²) < 4.78 is 26.2. The van der Waals surface area contributed by atoms with Gasteiger partial charge in [-0.3, -0.25) is 9.42 Å². The van der Waals surface area contributed by atoms with Gasteiger partial charge in [0.2, 0.25) is 0 Å². The van der Waals surface area contributed by atoms with E-state index >= 15 is 0 Å². The fraction of sp³-hybridized carbons (Fsp3) is 0.308.